The Labute approximate surface area is 59.7 Å². The van der Waals surface area contributed by atoms with Crippen LogP contribution in [0.15, 0.2) is 0 Å². The summed E-state index contributed by atoms with van der Waals surface area (Å²) in [4.78, 5) is 10.2. The van der Waals surface area contributed by atoms with Crippen LogP contribution in [0.4, 0.5) is 0 Å². The van der Waals surface area contributed by atoms with Crippen LogP contribution in [0.25, 0.3) is 0 Å². The van der Waals surface area contributed by atoms with E-state index in [0.717, 1.165) is 13.1 Å². The number of carbonyl (C=O) groups is 1. The molecule has 3 N–H and O–H groups in total. The predicted octanol–water partition coefficient (Wildman–Crippen LogP) is -1.15. The Morgan fingerprint density at radius 3 is 2.80 bits per heavy atom. The molecule has 0 radical (unpaired) electrons. The van der Waals surface area contributed by atoms with Crippen LogP contribution < -0.4 is 11.1 Å². The van der Waals surface area contributed by atoms with E-state index in [1.165, 1.54) is 0 Å². The highest BCUT2D eigenvalue weighted by Gasteiger charge is 2.16. The van der Waals surface area contributed by atoms with Gasteiger partial charge in [0.05, 0.1) is 12.7 Å². The number of rotatable bonds is 4. The maximum atomic E-state index is 10.2. The van der Waals surface area contributed by atoms with Gasteiger partial charge in [0, 0.05) is 19.5 Å². The Morgan fingerprint density at radius 1 is 1.70 bits per heavy atom. The first-order valence-electron chi connectivity index (χ1n) is 3.39. The molecule has 4 nitrogen and oxygen atoms in total. The van der Waals surface area contributed by atoms with Gasteiger partial charge in [-0.25, -0.2) is 0 Å². The van der Waals surface area contributed by atoms with Gasteiger partial charge < -0.3 is 15.8 Å². The standard InChI is InChI=1S/C6H12N2O2/c7-6(9)1-2-10-5-3-8-4-5/h5,8H,1-4H2,(H2,7,9). The molecular weight excluding hydrogens is 132 g/mol. The monoisotopic (exact) mass is 144 g/mol. The first-order valence-corrected chi connectivity index (χ1v) is 3.39. The zero-order valence-corrected chi connectivity index (χ0v) is 5.80. The van der Waals surface area contributed by atoms with E-state index >= 15 is 0 Å². The summed E-state index contributed by atoms with van der Waals surface area (Å²) in [5.41, 5.74) is 4.90. The van der Waals surface area contributed by atoms with Gasteiger partial charge >= 0.3 is 0 Å². The fourth-order valence-corrected chi connectivity index (χ4v) is 0.706. The van der Waals surface area contributed by atoms with Crippen molar-refractivity contribution in [3.63, 3.8) is 0 Å². The highest BCUT2D eigenvalue weighted by molar-refractivity contribution is 5.73. The van der Waals surface area contributed by atoms with Crippen molar-refractivity contribution in [2.24, 2.45) is 5.73 Å². The lowest BCUT2D eigenvalue weighted by Gasteiger charge is -2.26. The van der Waals surface area contributed by atoms with Crippen molar-refractivity contribution in [2.45, 2.75) is 12.5 Å². The molecule has 10 heavy (non-hydrogen) atoms. The van der Waals surface area contributed by atoms with Gasteiger partial charge in [-0.3, -0.25) is 4.79 Å². The quantitative estimate of drug-likeness (QED) is 0.523. The number of ether oxygens (including phenoxy) is 1. The zero-order valence-electron chi connectivity index (χ0n) is 5.80. The largest absolute Gasteiger partial charge is 0.375 e. The summed E-state index contributed by atoms with van der Waals surface area (Å²) in [7, 11) is 0. The van der Waals surface area contributed by atoms with E-state index in [2.05, 4.69) is 5.32 Å². The predicted molar refractivity (Wildman–Crippen MR) is 36.4 cm³/mol. The second kappa shape index (κ2) is 3.53. The van der Waals surface area contributed by atoms with Crippen LogP contribution in [0.3, 0.4) is 0 Å². The van der Waals surface area contributed by atoms with E-state index in [9.17, 15) is 4.79 Å². The van der Waals surface area contributed by atoms with Crippen molar-refractivity contribution in [3.05, 3.63) is 0 Å². The van der Waals surface area contributed by atoms with Gasteiger partial charge in [-0.15, -0.1) is 0 Å². The molecule has 1 heterocycles. The molecule has 0 unspecified atom stereocenters. The molecule has 0 aromatic rings. The third kappa shape index (κ3) is 2.33. The Bertz CT molecular complexity index is 123. The van der Waals surface area contributed by atoms with Crippen molar-refractivity contribution >= 4 is 5.91 Å². The summed E-state index contributed by atoms with van der Waals surface area (Å²) >= 11 is 0. The minimum Gasteiger partial charge on any atom is -0.375 e. The van der Waals surface area contributed by atoms with Crippen LogP contribution in [0.2, 0.25) is 0 Å². The fourth-order valence-electron chi connectivity index (χ4n) is 0.706. The van der Waals surface area contributed by atoms with Crippen LogP contribution in [0.1, 0.15) is 6.42 Å². The second-order valence-electron chi connectivity index (χ2n) is 2.37. The first kappa shape index (κ1) is 7.50. The number of hydrogen-bond donors (Lipinski definition) is 2. The van der Waals surface area contributed by atoms with E-state index in [-0.39, 0.29) is 5.91 Å². The molecule has 1 aliphatic rings. The topological polar surface area (TPSA) is 64.4 Å². The summed E-state index contributed by atoms with van der Waals surface area (Å²) in [6.45, 7) is 2.26. The summed E-state index contributed by atoms with van der Waals surface area (Å²) in [6.07, 6.45) is 0.635. The average Bonchev–Trinajstić information content (AvgIpc) is 1.75. The van der Waals surface area contributed by atoms with E-state index < -0.39 is 0 Å². The molecule has 1 rings (SSSR count). The van der Waals surface area contributed by atoms with Gasteiger partial charge in [0.15, 0.2) is 0 Å². The van der Waals surface area contributed by atoms with Crippen LogP contribution in [-0.2, 0) is 9.53 Å². The first-order chi connectivity index (χ1) is 4.79. The molecule has 58 valence electrons. The molecule has 0 bridgehead atoms. The molecule has 4 heteroatoms. The number of primary amides is 1. The lowest BCUT2D eigenvalue weighted by atomic mass is 10.2. The maximum absolute atomic E-state index is 10.2. The Balaban J connectivity index is 1.89. The van der Waals surface area contributed by atoms with Gasteiger partial charge in [0.2, 0.25) is 5.91 Å². The highest BCUT2D eigenvalue weighted by atomic mass is 16.5. The molecule has 0 atom stereocenters. The molecule has 1 amide bonds. The van der Waals surface area contributed by atoms with E-state index in [4.69, 9.17) is 10.5 Å². The number of carbonyl (C=O) groups excluding carboxylic acids is 1. The summed E-state index contributed by atoms with van der Waals surface area (Å²) in [5, 5.41) is 3.06. The van der Waals surface area contributed by atoms with Gasteiger partial charge in [-0.1, -0.05) is 0 Å². The molecule has 1 saturated heterocycles. The number of nitrogens with one attached hydrogen (secondary N) is 1. The number of amides is 1. The minimum atomic E-state index is -0.299. The summed E-state index contributed by atoms with van der Waals surface area (Å²) in [6, 6.07) is 0. The molecule has 0 aromatic heterocycles. The Morgan fingerprint density at radius 2 is 2.40 bits per heavy atom. The SMILES string of the molecule is NC(=O)CCOC1CNC1. The highest BCUT2D eigenvalue weighted by Crippen LogP contribution is 1.97. The molecule has 0 spiro atoms. The molecule has 0 saturated carbocycles. The minimum absolute atomic E-state index is 0.299. The third-order valence-corrected chi connectivity index (χ3v) is 1.45. The van der Waals surface area contributed by atoms with Crippen LogP contribution >= 0.6 is 0 Å². The maximum Gasteiger partial charge on any atom is 0.219 e. The number of hydrogen-bond acceptors (Lipinski definition) is 3. The molecule has 1 aliphatic heterocycles. The van der Waals surface area contributed by atoms with Crippen LogP contribution in [0.5, 0.6) is 0 Å². The Hall–Kier alpha value is -0.610. The third-order valence-electron chi connectivity index (χ3n) is 1.45. The van der Waals surface area contributed by atoms with Crippen molar-refractivity contribution in [2.75, 3.05) is 19.7 Å². The molecular formula is C6H12N2O2. The zero-order chi connectivity index (χ0) is 7.40. The summed E-state index contributed by atoms with van der Waals surface area (Å²) < 4.78 is 5.23. The lowest BCUT2D eigenvalue weighted by Crippen LogP contribution is -2.48. The molecule has 0 aliphatic carbocycles. The molecule has 1 fully saturated rings. The summed E-state index contributed by atoms with van der Waals surface area (Å²) in [5.74, 6) is -0.299. The van der Waals surface area contributed by atoms with E-state index in [0.29, 0.717) is 19.1 Å². The van der Waals surface area contributed by atoms with Gasteiger partial charge in [-0.2, -0.15) is 0 Å². The van der Waals surface area contributed by atoms with Gasteiger partial charge in [-0.05, 0) is 0 Å². The van der Waals surface area contributed by atoms with Crippen molar-refractivity contribution in [1.82, 2.24) is 5.32 Å². The van der Waals surface area contributed by atoms with Crippen molar-refractivity contribution < 1.29 is 9.53 Å². The van der Waals surface area contributed by atoms with E-state index in [1.54, 1.807) is 0 Å². The second-order valence-corrected chi connectivity index (χ2v) is 2.37. The fraction of sp³-hybridized carbons (Fsp3) is 0.833. The molecule has 0 aromatic carbocycles. The normalized spacial score (nSPS) is 18.4. The van der Waals surface area contributed by atoms with Gasteiger partial charge in [0.25, 0.3) is 0 Å². The van der Waals surface area contributed by atoms with E-state index in [1.807, 2.05) is 0 Å². The van der Waals surface area contributed by atoms with Gasteiger partial charge in [0.1, 0.15) is 0 Å². The van der Waals surface area contributed by atoms with Crippen LogP contribution in [0, 0.1) is 0 Å². The van der Waals surface area contributed by atoms with Crippen molar-refractivity contribution in [1.29, 1.82) is 0 Å². The lowest BCUT2D eigenvalue weighted by molar-refractivity contribution is -0.119. The number of nitrogens with two attached hydrogens (primary N) is 1. The Kier molecular flexibility index (Phi) is 2.65. The average molecular weight is 144 g/mol. The van der Waals surface area contributed by atoms with Crippen molar-refractivity contribution in [3.8, 4) is 0 Å². The smallest absolute Gasteiger partial charge is 0.219 e. The van der Waals surface area contributed by atoms with Crippen LogP contribution in [-0.4, -0.2) is 31.7 Å².